The van der Waals surface area contributed by atoms with Gasteiger partial charge in [-0.05, 0) is 12.8 Å². The van der Waals surface area contributed by atoms with Gasteiger partial charge >= 0.3 is 0 Å². The minimum absolute atomic E-state index is 0.116. The molecule has 1 aliphatic rings. The van der Waals surface area contributed by atoms with Crippen LogP contribution in [0.25, 0.3) is 0 Å². The second kappa shape index (κ2) is 6.83. The van der Waals surface area contributed by atoms with Gasteiger partial charge in [0.25, 0.3) is 5.88 Å². The summed E-state index contributed by atoms with van der Waals surface area (Å²) in [4.78, 5) is 7.84. The summed E-state index contributed by atoms with van der Waals surface area (Å²) in [6.45, 7) is 2.70. The summed E-state index contributed by atoms with van der Waals surface area (Å²) < 4.78 is 31.3. The van der Waals surface area contributed by atoms with Crippen molar-refractivity contribution in [3.63, 3.8) is 0 Å². The first-order chi connectivity index (χ1) is 10.1. The molecule has 8 heteroatoms. The van der Waals surface area contributed by atoms with E-state index in [1.165, 1.54) is 16.7 Å². The zero-order valence-corrected chi connectivity index (χ0v) is 12.7. The van der Waals surface area contributed by atoms with Crippen LogP contribution in [0.15, 0.2) is 12.4 Å². The lowest BCUT2D eigenvalue weighted by Gasteiger charge is -2.16. The number of rotatable bonds is 6. The third kappa shape index (κ3) is 3.89. The predicted molar refractivity (Wildman–Crippen MR) is 76.0 cm³/mol. The van der Waals surface area contributed by atoms with Crippen molar-refractivity contribution in [3.05, 3.63) is 18.1 Å². The molecule has 1 fully saturated rings. The maximum absolute atomic E-state index is 12.1. The smallest absolute Gasteiger partial charge is 0.251 e. The Hall–Kier alpha value is -1.72. The monoisotopic (exact) mass is 310 g/mol. The Bertz CT molecular complexity index is 627. The van der Waals surface area contributed by atoms with E-state index in [2.05, 4.69) is 9.97 Å². The van der Waals surface area contributed by atoms with Crippen LogP contribution in [-0.2, 0) is 10.0 Å². The molecule has 1 aromatic rings. The second-order valence-electron chi connectivity index (χ2n) is 4.88. The van der Waals surface area contributed by atoms with Crippen LogP contribution in [0.3, 0.4) is 0 Å². The molecule has 0 radical (unpaired) electrons. The molecule has 7 nitrogen and oxygen atoms in total. The van der Waals surface area contributed by atoms with Crippen LogP contribution >= 0.6 is 0 Å². The van der Waals surface area contributed by atoms with Crippen molar-refractivity contribution in [3.8, 4) is 11.9 Å². The number of hydrogen-bond donors (Lipinski definition) is 0. The largest absolute Gasteiger partial charge is 0.471 e. The SMILES string of the molecule is CCCCS(=O)(=O)N1CC[C@H](Oc2nccnc2C#N)C1. The molecule has 0 aromatic carbocycles. The molecule has 0 bridgehead atoms. The average molecular weight is 310 g/mol. The molecular weight excluding hydrogens is 292 g/mol. The lowest BCUT2D eigenvalue weighted by molar-refractivity contribution is 0.205. The Labute approximate surface area is 124 Å². The topological polar surface area (TPSA) is 96.2 Å². The molecule has 2 heterocycles. The van der Waals surface area contributed by atoms with Crippen LogP contribution in [0.1, 0.15) is 31.9 Å². The molecular formula is C13H18N4O3S. The molecule has 21 heavy (non-hydrogen) atoms. The van der Waals surface area contributed by atoms with Gasteiger partial charge in [0.1, 0.15) is 12.2 Å². The molecule has 1 atom stereocenters. The van der Waals surface area contributed by atoms with Crippen LogP contribution < -0.4 is 4.74 Å². The summed E-state index contributed by atoms with van der Waals surface area (Å²) in [6, 6.07) is 1.91. The molecule has 0 aliphatic carbocycles. The highest BCUT2D eigenvalue weighted by atomic mass is 32.2. The molecule has 1 aliphatic heterocycles. The Morgan fingerprint density at radius 2 is 2.24 bits per heavy atom. The van der Waals surface area contributed by atoms with E-state index in [1.807, 2.05) is 13.0 Å². The molecule has 0 N–H and O–H groups in total. The van der Waals surface area contributed by atoms with Crippen molar-refractivity contribution in [1.29, 1.82) is 5.26 Å². The summed E-state index contributed by atoms with van der Waals surface area (Å²) in [7, 11) is -3.21. The highest BCUT2D eigenvalue weighted by Gasteiger charge is 2.32. The second-order valence-corrected chi connectivity index (χ2v) is 6.97. The summed E-state index contributed by atoms with van der Waals surface area (Å²) in [6.07, 6.45) is 4.67. The first-order valence-electron chi connectivity index (χ1n) is 6.92. The fourth-order valence-corrected chi connectivity index (χ4v) is 3.84. The van der Waals surface area contributed by atoms with E-state index < -0.39 is 10.0 Å². The van der Waals surface area contributed by atoms with Crippen molar-refractivity contribution in [2.75, 3.05) is 18.8 Å². The van der Waals surface area contributed by atoms with Crippen LogP contribution in [0, 0.1) is 11.3 Å². The molecule has 0 amide bonds. The first-order valence-corrected chi connectivity index (χ1v) is 8.53. The molecule has 1 aromatic heterocycles. The van der Waals surface area contributed by atoms with E-state index in [0.717, 1.165) is 6.42 Å². The number of aromatic nitrogens is 2. The molecule has 2 rings (SSSR count). The van der Waals surface area contributed by atoms with Crippen LogP contribution in [0.4, 0.5) is 0 Å². The van der Waals surface area contributed by atoms with Gasteiger partial charge in [-0.1, -0.05) is 13.3 Å². The predicted octanol–water partition coefficient (Wildman–Crippen LogP) is 0.931. The zero-order chi connectivity index (χ0) is 15.3. The van der Waals surface area contributed by atoms with Crippen molar-refractivity contribution in [1.82, 2.24) is 14.3 Å². The number of nitrogens with zero attached hydrogens (tertiary/aromatic N) is 4. The molecule has 0 saturated carbocycles. The third-order valence-corrected chi connectivity index (χ3v) is 5.23. The van der Waals surface area contributed by atoms with Crippen molar-refractivity contribution in [2.24, 2.45) is 0 Å². The lowest BCUT2D eigenvalue weighted by Crippen LogP contribution is -2.33. The van der Waals surface area contributed by atoms with Gasteiger partial charge in [0.2, 0.25) is 15.7 Å². The van der Waals surface area contributed by atoms with Crippen molar-refractivity contribution in [2.45, 2.75) is 32.3 Å². The maximum atomic E-state index is 12.1. The zero-order valence-electron chi connectivity index (χ0n) is 11.9. The van der Waals surface area contributed by atoms with Crippen LogP contribution in [0.5, 0.6) is 5.88 Å². The van der Waals surface area contributed by atoms with Gasteiger partial charge in [-0.25, -0.2) is 18.4 Å². The first kappa shape index (κ1) is 15.7. The molecule has 114 valence electrons. The highest BCUT2D eigenvalue weighted by Crippen LogP contribution is 2.21. The van der Waals surface area contributed by atoms with Crippen molar-refractivity contribution >= 4 is 10.0 Å². The van der Waals surface area contributed by atoms with Gasteiger partial charge in [-0.2, -0.15) is 9.57 Å². The minimum atomic E-state index is -3.21. The van der Waals surface area contributed by atoms with E-state index in [9.17, 15) is 8.42 Å². The quantitative estimate of drug-likeness (QED) is 0.775. The van der Waals surface area contributed by atoms with Gasteiger partial charge in [-0.3, -0.25) is 0 Å². The lowest BCUT2D eigenvalue weighted by atomic mass is 10.3. The summed E-state index contributed by atoms with van der Waals surface area (Å²) in [5.74, 6) is 0.336. The summed E-state index contributed by atoms with van der Waals surface area (Å²) in [5, 5.41) is 8.93. The van der Waals surface area contributed by atoms with E-state index in [-0.39, 0.29) is 23.4 Å². The molecule has 1 saturated heterocycles. The van der Waals surface area contributed by atoms with Crippen LogP contribution in [0.2, 0.25) is 0 Å². The number of hydrogen-bond acceptors (Lipinski definition) is 6. The number of sulfonamides is 1. The van der Waals surface area contributed by atoms with E-state index >= 15 is 0 Å². The van der Waals surface area contributed by atoms with Gasteiger partial charge in [0.05, 0.1) is 12.3 Å². The van der Waals surface area contributed by atoms with Crippen molar-refractivity contribution < 1.29 is 13.2 Å². The van der Waals surface area contributed by atoms with E-state index in [1.54, 1.807) is 0 Å². The molecule has 0 unspecified atom stereocenters. The normalized spacial score (nSPS) is 19.3. The minimum Gasteiger partial charge on any atom is -0.471 e. The fourth-order valence-electron chi connectivity index (χ4n) is 2.15. The Morgan fingerprint density at radius 3 is 2.95 bits per heavy atom. The van der Waals surface area contributed by atoms with Gasteiger partial charge in [0.15, 0.2) is 0 Å². The fraction of sp³-hybridized carbons (Fsp3) is 0.615. The van der Waals surface area contributed by atoms with E-state index in [4.69, 9.17) is 10.00 Å². The average Bonchev–Trinajstić information content (AvgIpc) is 2.95. The summed E-state index contributed by atoms with van der Waals surface area (Å²) >= 11 is 0. The highest BCUT2D eigenvalue weighted by molar-refractivity contribution is 7.89. The van der Waals surface area contributed by atoms with Gasteiger partial charge < -0.3 is 4.74 Å². The van der Waals surface area contributed by atoms with Gasteiger partial charge in [-0.15, -0.1) is 0 Å². The summed E-state index contributed by atoms with van der Waals surface area (Å²) in [5.41, 5.74) is 0.116. The third-order valence-electron chi connectivity index (χ3n) is 3.31. The Balaban J connectivity index is 1.99. The molecule has 0 spiro atoms. The van der Waals surface area contributed by atoms with Crippen LogP contribution in [-0.4, -0.2) is 47.6 Å². The van der Waals surface area contributed by atoms with Gasteiger partial charge in [0, 0.05) is 18.9 Å². The standard InChI is InChI=1S/C13H18N4O3S/c1-2-3-8-21(18,19)17-7-4-11(10-17)20-13-12(9-14)15-5-6-16-13/h5-6,11H,2-4,7-8,10H2,1H3/t11-/m0/s1. The van der Waals surface area contributed by atoms with E-state index in [0.29, 0.717) is 25.9 Å². The number of ether oxygens (including phenoxy) is 1. The Morgan fingerprint density at radius 1 is 1.48 bits per heavy atom. The maximum Gasteiger partial charge on any atom is 0.251 e. The number of unbranched alkanes of at least 4 members (excludes halogenated alkanes) is 1. The number of nitriles is 1. The Kier molecular flexibility index (Phi) is 5.09.